The first-order valence-corrected chi connectivity index (χ1v) is 8.31. The molecule has 1 aliphatic carbocycles. The van der Waals surface area contributed by atoms with Crippen molar-refractivity contribution >= 4 is 34.5 Å². The molecule has 8 nitrogen and oxygen atoms in total. The minimum Gasteiger partial charge on any atom is -0.408 e. The maximum Gasteiger partial charge on any atom is 0.417 e. The molecule has 2 aliphatic rings. The van der Waals surface area contributed by atoms with Gasteiger partial charge in [0.05, 0.1) is 17.4 Å². The molecule has 2 atom stereocenters. The third-order valence-corrected chi connectivity index (χ3v) is 4.94. The van der Waals surface area contributed by atoms with Gasteiger partial charge in [0.1, 0.15) is 6.54 Å². The van der Waals surface area contributed by atoms with Crippen LogP contribution in [0.3, 0.4) is 0 Å². The zero-order valence-electron chi connectivity index (χ0n) is 13.4. The number of nitrogens with one attached hydrogen (secondary N) is 2. The number of rotatable bonds is 3. The van der Waals surface area contributed by atoms with Gasteiger partial charge in [-0.15, -0.1) is 0 Å². The quantitative estimate of drug-likeness (QED) is 0.814. The van der Waals surface area contributed by atoms with E-state index in [0.29, 0.717) is 16.8 Å². The highest BCUT2D eigenvalue weighted by atomic mass is 16.4. The summed E-state index contributed by atoms with van der Waals surface area (Å²) in [6.45, 7) is -0.287. The molecule has 1 saturated carbocycles. The molecule has 1 aromatic carbocycles. The molecule has 1 aromatic heterocycles. The van der Waals surface area contributed by atoms with Gasteiger partial charge in [-0.25, -0.2) is 4.79 Å². The molecule has 0 bridgehead atoms. The van der Waals surface area contributed by atoms with Gasteiger partial charge < -0.3 is 9.73 Å². The maximum absolute atomic E-state index is 12.4. The second kappa shape index (κ2) is 5.87. The summed E-state index contributed by atoms with van der Waals surface area (Å²) in [7, 11) is 0. The van der Waals surface area contributed by atoms with Gasteiger partial charge in [0, 0.05) is 5.69 Å². The van der Waals surface area contributed by atoms with Gasteiger partial charge in [-0.3, -0.25) is 24.3 Å². The number of amides is 3. The first kappa shape index (κ1) is 15.6. The second-order valence-corrected chi connectivity index (χ2v) is 6.53. The zero-order chi connectivity index (χ0) is 17.6. The Morgan fingerprint density at radius 3 is 2.52 bits per heavy atom. The number of hydrogen-bond donors (Lipinski definition) is 2. The first-order chi connectivity index (χ1) is 12.0. The van der Waals surface area contributed by atoms with Crippen molar-refractivity contribution in [2.75, 3.05) is 11.9 Å². The molecule has 2 aromatic rings. The molecular weight excluding hydrogens is 326 g/mol. The van der Waals surface area contributed by atoms with E-state index in [1.807, 2.05) is 0 Å². The van der Waals surface area contributed by atoms with E-state index in [9.17, 15) is 19.2 Å². The van der Waals surface area contributed by atoms with Crippen molar-refractivity contribution in [2.24, 2.45) is 11.8 Å². The molecule has 0 radical (unpaired) electrons. The summed E-state index contributed by atoms with van der Waals surface area (Å²) in [6, 6.07) is 4.71. The lowest BCUT2D eigenvalue weighted by atomic mass is 9.81. The molecular formula is C17H17N3O5. The van der Waals surface area contributed by atoms with E-state index < -0.39 is 11.7 Å². The number of oxazole rings is 1. The standard InChI is InChI=1S/C17H17N3O5/c21-14(18-9-5-6-13-12(7-9)19-17(24)25-13)8-20-15(22)10-3-1-2-4-11(10)16(20)23/h5-7,10-11H,1-4,8H2,(H,18,21)(H,19,24). The van der Waals surface area contributed by atoms with Crippen LogP contribution in [-0.4, -0.2) is 34.2 Å². The monoisotopic (exact) mass is 343 g/mol. The lowest BCUT2D eigenvalue weighted by Crippen LogP contribution is -2.38. The molecule has 2 fully saturated rings. The molecule has 25 heavy (non-hydrogen) atoms. The topological polar surface area (TPSA) is 112 Å². The summed E-state index contributed by atoms with van der Waals surface area (Å²) in [5.74, 6) is -2.03. The Labute approximate surface area is 142 Å². The minimum atomic E-state index is -0.575. The van der Waals surface area contributed by atoms with Gasteiger partial charge >= 0.3 is 5.76 Å². The van der Waals surface area contributed by atoms with Gasteiger partial charge in [0.25, 0.3) is 0 Å². The Hall–Kier alpha value is -2.90. The molecule has 0 spiro atoms. The third-order valence-electron chi connectivity index (χ3n) is 4.94. The molecule has 130 valence electrons. The Morgan fingerprint density at radius 1 is 1.16 bits per heavy atom. The lowest BCUT2D eigenvalue weighted by molar-refractivity contribution is -0.142. The van der Waals surface area contributed by atoms with E-state index in [2.05, 4.69) is 10.3 Å². The van der Waals surface area contributed by atoms with Crippen LogP contribution < -0.4 is 11.1 Å². The summed E-state index contributed by atoms with van der Waals surface area (Å²) in [5.41, 5.74) is 1.30. The number of nitrogens with zero attached hydrogens (tertiary/aromatic N) is 1. The number of hydrogen-bond acceptors (Lipinski definition) is 5. The van der Waals surface area contributed by atoms with Crippen LogP contribution >= 0.6 is 0 Å². The zero-order valence-corrected chi connectivity index (χ0v) is 13.4. The van der Waals surface area contributed by atoms with Crippen molar-refractivity contribution < 1.29 is 18.8 Å². The van der Waals surface area contributed by atoms with Crippen LogP contribution in [0.25, 0.3) is 11.1 Å². The average molecular weight is 343 g/mol. The fourth-order valence-corrected chi connectivity index (χ4v) is 3.76. The van der Waals surface area contributed by atoms with Crippen molar-refractivity contribution in [3.63, 3.8) is 0 Å². The number of imide groups is 1. The minimum absolute atomic E-state index is 0.237. The van der Waals surface area contributed by atoms with Gasteiger partial charge in [-0.2, -0.15) is 0 Å². The third kappa shape index (κ3) is 2.73. The lowest BCUT2D eigenvalue weighted by Gasteiger charge is -2.19. The van der Waals surface area contributed by atoms with Crippen LogP contribution in [0.15, 0.2) is 27.4 Å². The fourth-order valence-electron chi connectivity index (χ4n) is 3.76. The molecule has 1 saturated heterocycles. The number of aromatic amines is 1. The Balaban J connectivity index is 1.46. The summed E-state index contributed by atoms with van der Waals surface area (Å²) in [6.07, 6.45) is 3.34. The van der Waals surface area contributed by atoms with Crippen LogP contribution in [0.2, 0.25) is 0 Å². The van der Waals surface area contributed by atoms with Gasteiger partial charge in [0.15, 0.2) is 5.58 Å². The van der Waals surface area contributed by atoms with Crippen molar-refractivity contribution in [1.29, 1.82) is 0 Å². The van der Waals surface area contributed by atoms with Gasteiger partial charge in [-0.05, 0) is 31.0 Å². The van der Waals surface area contributed by atoms with Crippen molar-refractivity contribution in [1.82, 2.24) is 9.88 Å². The second-order valence-electron chi connectivity index (χ2n) is 6.53. The Morgan fingerprint density at radius 2 is 1.84 bits per heavy atom. The fraction of sp³-hybridized carbons (Fsp3) is 0.412. The number of aromatic nitrogens is 1. The predicted molar refractivity (Wildman–Crippen MR) is 87.6 cm³/mol. The van der Waals surface area contributed by atoms with Crippen LogP contribution in [-0.2, 0) is 14.4 Å². The van der Waals surface area contributed by atoms with Crippen molar-refractivity contribution in [2.45, 2.75) is 25.7 Å². The van der Waals surface area contributed by atoms with E-state index in [1.54, 1.807) is 18.2 Å². The highest BCUT2D eigenvalue weighted by Crippen LogP contribution is 2.37. The van der Waals surface area contributed by atoms with Gasteiger partial charge in [-0.1, -0.05) is 12.8 Å². The van der Waals surface area contributed by atoms with Crippen molar-refractivity contribution in [3.05, 3.63) is 28.7 Å². The summed E-state index contributed by atoms with van der Waals surface area (Å²) < 4.78 is 4.90. The average Bonchev–Trinajstić information content (AvgIpc) is 3.07. The Kier molecular flexibility index (Phi) is 3.67. The predicted octanol–water partition coefficient (Wildman–Crippen LogP) is 1.23. The Bertz CT molecular complexity index is 904. The number of benzene rings is 1. The van der Waals surface area contributed by atoms with Gasteiger partial charge in [0.2, 0.25) is 17.7 Å². The maximum atomic E-state index is 12.4. The first-order valence-electron chi connectivity index (χ1n) is 8.31. The summed E-state index contributed by atoms with van der Waals surface area (Å²) in [5, 5.41) is 2.64. The highest BCUT2D eigenvalue weighted by Gasteiger charge is 2.48. The van der Waals surface area contributed by atoms with E-state index in [4.69, 9.17) is 4.42 Å². The van der Waals surface area contributed by atoms with E-state index in [-0.39, 0.29) is 30.2 Å². The number of anilines is 1. The molecule has 2 heterocycles. The SMILES string of the molecule is O=C(CN1C(=O)C2CCCCC2C1=O)Nc1ccc2oc(=O)[nH]c2c1. The van der Waals surface area contributed by atoms with Crippen LogP contribution in [0.4, 0.5) is 5.69 Å². The molecule has 2 unspecified atom stereocenters. The van der Waals surface area contributed by atoms with E-state index >= 15 is 0 Å². The highest BCUT2D eigenvalue weighted by molar-refractivity contribution is 6.08. The van der Waals surface area contributed by atoms with Crippen LogP contribution in [0.5, 0.6) is 0 Å². The molecule has 8 heteroatoms. The summed E-state index contributed by atoms with van der Waals surface area (Å²) in [4.78, 5) is 51.8. The largest absolute Gasteiger partial charge is 0.417 e. The number of H-pyrrole nitrogens is 1. The van der Waals surface area contributed by atoms with E-state index in [1.165, 1.54) is 0 Å². The number of carbonyl (C=O) groups excluding carboxylic acids is 3. The molecule has 1 aliphatic heterocycles. The number of likely N-dealkylation sites (tertiary alicyclic amines) is 1. The van der Waals surface area contributed by atoms with E-state index in [0.717, 1.165) is 30.6 Å². The van der Waals surface area contributed by atoms with Crippen molar-refractivity contribution in [3.8, 4) is 0 Å². The number of fused-ring (bicyclic) bond motifs is 2. The normalized spacial score (nSPS) is 23.1. The van der Waals surface area contributed by atoms with Crippen LogP contribution in [0, 0.1) is 11.8 Å². The number of carbonyl (C=O) groups is 3. The molecule has 2 N–H and O–H groups in total. The van der Waals surface area contributed by atoms with Crippen LogP contribution in [0.1, 0.15) is 25.7 Å². The molecule has 3 amide bonds. The summed E-state index contributed by atoms with van der Waals surface area (Å²) >= 11 is 0. The molecule has 4 rings (SSSR count). The smallest absolute Gasteiger partial charge is 0.408 e.